The Morgan fingerprint density at radius 1 is 1.20 bits per heavy atom. The molecule has 0 rings (SSSR count). The van der Waals surface area contributed by atoms with Gasteiger partial charge in [0.25, 0.3) is 0 Å². The Kier molecular flexibility index (Phi) is 8.44. The molecule has 2 atom stereocenters. The highest BCUT2D eigenvalue weighted by Crippen LogP contribution is 2.14. The molecule has 0 heterocycles. The van der Waals surface area contributed by atoms with Gasteiger partial charge in [0.1, 0.15) is 0 Å². The molecule has 0 unspecified atom stereocenters. The van der Waals surface area contributed by atoms with Crippen LogP contribution in [-0.2, 0) is 9.53 Å². The average Bonchev–Trinajstić information content (AvgIpc) is 2.27. The van der Waals surface area contributed by atoms with E-state index in [2.05, 4.69) is 13.8 Å². The summed E-state index contributed by atoms with van der Waals surface area (Å²) in [5.41, 5.74) is 0. The van der Waals surface area contributed by atoms with Gasteiger partial charge >= 0.3 is 5.97 Å². The first-order valence-electron chi connectivity index (χ1n) is 6.32. The van der Waals surface area contributed by atoms with Crippen LogP contribution in [0.4, 0.5) is 0 Å². The van der Waals surface area contributed by atoms with Crippen molar-refractivity contribution in [3.63, 3.8) is 0 Å². The molecule has 0 aliphatic rings. The molecular weight excluding hydrogens is 188 g/mol. The minimum atomic E-state index is -0.0348. The fourth-order valence-electron chi connectivity index (χ4n) is 1.41. The Bertz CT molecular complexity index is 166. The second-order valence-corrected chi connectivity index (χ2v) is 4.36. The fraction of sp³-hybridized carbons (Fsp3) is 0.923. The molecule has 0 bridgehead atoms. The lowest BCUT2D eigenvalue weighted by Crippen LogP contribution is -2.18. The maximum Gasteiger partial charge on any atom is 0.308 e. The molecule has 2 nitrogen and oxygen atoms in total. The van der Waals surface area contributed by atoms with Gasteiger partial charge < -0.3 is 4.74 Å². The van der Waals surface area contributed by atoms with Crippen molar-refractivity contribution >= 4 is 5.97 Å². The van der Waals surface area contributed by atoms with Crippen molar-refractivity contribution in [2.75, 3.05) is 6.61 Å². The maximum atomic E-state index is 11.4. The molecular formula is C13H26O2. The first kappa shape index (κ1) is 14.5. The van der Waals surface area contributed by atoms with Gasteiger partial charge in [-0.15, -0.1) is 0 Å². The smallest absolute Gasteiger partial charge is 0.308 e. The van der Waals surface area contributed by atoms with Crippen LogP contribution in [0.5, 0.6) is 0 Å². The quantitative estimate of drug-likeness (QED) is 0.575. The fourth-order valence-corrected chi connectivity index (χ4v) is 1.41. The largest absolute Gasteiger partial charge is 0.465 e. The third-order valence-electron chi connectivity index (χ3n) is 3.02. The van der Waals surface area contributed by atoms with Gasteiger partial charge in [-0.3, -0.25) is 4.79 Å². The summed E-state index contributed by atoms with van der Waals surface area (Å²) in [4.78, 5) is 11.4. The highest BCUT2D eigenvalue weighted by Gasteiger charge is 2.14. The van der Waals surface area contributed by atoms with Crippen molar-refractivity contribution in [3.05, 3.63) is 0 Å². The van der Waals surface area contributed by atoms with Crippen molar-refractivity contribution in [1.82, 2.24) is 0 Å². The molecule has 0 amide bonds. The van der Waals surface area contributed by atoms with Gasteiger partial charge in [-0.05, 0) is 18.8 Å². The number of rotatable bonds is 8. The summed E-state index contributed by atoms with van der Waals surface area (Å²) in [5.74, 6) is 0.569. The SMILES string of the molecule is CCCC[C@@H](CC)COC(=O)[C@H](C)CC. The van der Waals surface area contributed by atoms with Gasteiger partial charge in [-0.2, -0.15) is 0 Å². The third kappa shape index (κ3) is 6.53. The van der Waals surface area contributed by atoms with E-state index in [9.17, 15) is 4.79 Å². The van der Waals surface area contributed by atoms with E-state index in [0.29, 0.717) is 12.5 Å². The van der Waals surface area contributed by atoms with Crippen LogP contribution in [0.3, 0.4) is 0 Å². The lowest BCUT2D eigenvalue weighted by Gasteiger charge is -2.16. The number of carbonyl (C=O) groups is 1. The minimum Gasteiger partial charge on any atom is -0.465 e. The molecule has 0 aliphatic heterocycles. The third-order valence-corrected chi connectivity index (χ3v) is 3.02. The van der Waals surface area contributed by atoms with Crippen LogP contribution < -0.4 is 0 Å². The topological polar surface area (TPSA) is 26.3 Å². The van der Waals surface area contributed by atoms with E-state index in [-0.39, 0.29) is 11.9 Å². The summed E-state index contributed by atoms with van der Waals surface area (Å²) in [6.45, 7) is 8.91. The number of esters is 1. The number of ether oxygens (including phenoxy) is 1. The molecule has 0 radical (unpaired) electrons. The zero-order chi connectivity index (χ0) is 11.7. The van der Waals surface area contributed by atoms with Crippen LogP contribution >= 0.6 is 0 Å². The molecule has 0 fully saturated rings. The van der Waals surface area contributed by atoms with Crippen LogP contribution in [0.25, 0.3) is 0 Å². The zero-order valence-corrected chi connectivity index (χ0v) is 10.7. The molecule has 0 aromatic carbocycles. The second kappa shape index (κ2) is 8.75. The maximum absolute atomic E-state index is 11.4. The Balaban J connectivity index is 3.74. The zero-order valence-electron chi connectivity index (χ0n) is 10.7. The number of hydrogen-bond donors (Lipinski definition) is 0. The molecule has 90 valence electrons. The van der Waals surface area contributed by atoms with Crippen LogP contribution in [0.2, 0.25) is 0 Å². The predicted molar refractivity (Wildman–Crippen MR) is 63.7 cm³/mol. The average molecular weight is 214 g/mol. The summed E-state index contributed by atoms with van der Waals surface area (Å²) in [6, 6.07) is 0. The molecule has 0 aromatic heterocycles. The van der Waals surface area contributed by atoms with Crippen molar-refractivity contribution in [2.24, 2.45) is 11.8 Å². The van der Waals surface area contributed by atoms with Crippen LogP contribution in [0, 0.1) is 11.8 Å². The molecule has 0 aromatic rings. The van der Waals surface area contributed by atoms with E-state index in [1.807, 2.05) is 13.8 Å². The van der Waals surface area contributed by atoms with Crippen molar-refractivity contribution in [3.8, 4) is 0 Å². The van der Waals surface area contributed by atoms with Gasteiger partial charge in [0.2, 0.25) is 0 Å². The summed E-state index contributed by atoms with van der Waals surface area (Å²) in [6.07, 6.45) is 5.61. The van der Waals surface area contributed by atoms with Crippen molar-refractivity contribution in [2.45, 2.75) is 59.8 Å². The lowest BCUT2D eigenvalue weighted by molar-refractivity contribution is -0.149. The van der Waals surface area contributed by atoms with Crippen molar-refractivity contribution in [1.29, 1.82) is 0 Å². The highest BCUT2D eigenvalue weighted by molar-refractivity contribution is 5.71. The van der Waals surface area contributed by atoms with Crippen LogP contribution in [0.15, 0.2) is 0 Å². The molecule has 0 saturated carbocycles. The van der Waals surface area contributed by atoms with Gasteiger partial charge in [0.15, 0.2) is 0 Å². The van der Waals surface area contributed by atoms with Crippen LogP contribution in [-0.4, -0.2) is 12.6 Å². The van der Waals surface area contributed by atoms with Gasteiger partial charge in [0.05, 0.1) is 12.5 Å². The monoisotopic (exact) mass is 214 g/mol. The molecule has 0 saturated heterocycles. The summed E-state index contributed by atoms with van der Waals surface area (Å²) < 4.78 is 5.31. The Hall–Kier alpha value is -0.530. The standard InChI is InChI=1S/C13H26O2/c1-5-8-9-12(7-3)10-15-13(14)11(4)6-2/h11-12H,5-10H2,1-4H3/t11-,12-/m1/s1. The molecule has 0 N–H and O–H groups in total. The molecule has 15 heavy (non-hydrogen) atoms. The lowest BCUT2D eigenvalue weighted by atomic mass is 10.0. The number of hydrogen-bond acceptors (Lipinski definition) is 2. The summed E-state index contributed by atoms with van der Waals surface area (Å²) in [5, 5.41) is 0. The normalized spacial score (nSPS) is 14.7. The van der Waals surface area contributed by atoms with E-state index in [4.69, 9.17) is 4.74 Å². The number of unbranched alkanes of at least 4 members (excludes halogenated alkanes) is 1. The minimum absolute atomic E-state index is 0.0348. The predicted octanol–water partition coefficient (Wildman–Crippen LogP) is 3.79. The highest BCUT2D eigenvalue weighted by atomic mass is 16.5. The van der Waals surface area contributed by atoms with E-state index in [0.717, 1.165) is 12.8 Å². The molecule has 0 aliphatic carbocycles. The van der Waals surface area contributed by atoms with E-state index in [1.165, 1.54) is 19.3 Å². The van der Waals surface area contributed by atoms with Crippen LogP contribution in [0.1, 0.15) is 59.8 Å². The van der Waals surface area contributed by atoms with Gasteiger partial charge in [0, 0.05) is 0 Å². The van der Waals surface area contributed by atoms with E-state index in [1.54, 1.807) is 0 Å². The second-order valence-electron chi connectivity index (χ2n) is 4.36. The van der Waals surface area contributed by atoms with Crippen molar-refractivity contribution < 1.29 is 9.53 Å². The summed E-state index contributed by atoms with van der Waals surface area (Å²) in [7, 11) is 0. The summed E-state index contributed by atoms with van der Waals surface area (Å²) >= 11 is 0. The molecule has 2 heteroatoms. The Morgan fingerprint density at radius 3 is 2.33 bits per heavy atom. The first-order valence-corrected chi connectivity index (χ1v) is 6.32. The first-order chi connectivity index (χ1) is 7.15. The number of carbonyl (C=O) groups excluding carboxylic acids is 1. The Morgan fingerprint density at radius 2 is 1.87 bits per heavy atom. The Labute approximate surface area is 94.4 Å². The van der Waals surface area contributed by atoms with E-state index < -0.39 is 0 Å². The van der Waals surface area contributed by atoms with Gasteiger partial charge in [-0.1, -0.05) is 47.0 Å². The molecule has 0 spiro atoms. The van der Waals surface area contributed by atoms with Gasteiger partial charge in [-0.25, -0.2) is 0 Å². The van der Waals surface area contributed by atoms with E-state index >= 15 is 0 Å².